The first-order valence-corrected chi connectivity index (χ1v) is 20.8. The lowest BCUT2D eigenvalue weighted by Crippen LogP contribution is -2.10. The van der Waals surface area contributed by atoms with Crippen LogP contribution < -0.4 is 0 Å². The number of unbranched alkanes of at least 4 members (excludes halogenated alkanes) is 16. The van der Waals surface area contributed by atoms with Crippen LogP contribution >= 0.6 is 0 Å². The maximum Gasteiger partial charge on any atom is 0.338 e. The van der Waals surface area contributed by atoms with Crippen molar-refractivity contribution in [3.05, 3.63) is 96.1 Å². The Morgan fingerprint density at radius 2 is 0.796 bits per heavy atom. The molecule has 0 fully saturated rings. The highest BCUT2D eigenvalue weighted by Crippen LogP contribution is 2.32. The highest BCUT2D eigenvalue weighted by atomic mass is 16.5. The molecule has 286 valence electrons. The Morgan fingerprint density at radius 3 is 1.17 bits per heavy atom. The number of carbonyl (C=O) groups excluding carboxylic acids is 2. The number of rotatable bonds is 24. The number of pyridine rings is 2. The van der Waals surface area contributed by atoms with Crippen LogP contribution in [0, 0.1) is 0 Å². The molecule has 0 saturated heterocycles. The van der Waals surface area contributed by atoms with Crippen molar-refractivity contribution < 1.29 is 19.1 Å². The predicted molar refractivity (Wildman–Crippen MR) is 223 cm³/mol. The van der Waals surface area contributed by atoms with Crippen molar-refractivity contribution in [1.29, 1.82) is 0 Å². The minimum Gasteiger partial charge on any atom is -0.462 e. The third-order valence-corrected chi connectivity index (χ3v) is 10.3. The molecule has 0 radical (unpaired) electrons. The Hall–Kier alpha value is -4.58. The van der Waals surface area contributed by atoms with Gasteiger partial charge in [-0.1, -0.05) is 177 Å². The Kier molecular flexibility index (Phi) is 17.0. The number of ether oxygens (including phenoxy) is 2. The molecule has 0 aliphatic rings. The summed E-state index contributed by atoms with van der Waals surface area (Å²) in [6.07, 6.45) is 21.5. The van der Waals surface area contributed by atoms with E-state index >= 15 is 0 Å². The number of hydrogen-bond acceptors (Lipinski definition) is 6. The summed E-state index contributed by atoms with van der Waals surface area (Å²) in [5, 5.41) is 1.25. The molecule has 2 aromatic heterocycles. The van der Waals surface area contributed by atoms with Gasteiger partial charge in [-0.25, -0.2) is 19.6 Å². The van der Waals surface area contributed by atoms with E-state index in [-0.39, 0.29) is 11.9 Å². The largest absolute Gasteiger partial charge is 0.462 e. The minimum absolute atomic E-state index is 0.366. The first-order valence-electron chi connectivity index (χ1n) is 20.8. The summed E-state index contributed by atoms with van der Waals surface area (Å²) < 4.78 is 11.8. The van der Waals surface area contributed by atoms with E-state index in [2.05, 4.69) is 13.8 Å². The summed E-state index contributed by atoms with van der Waals surface area (Å²) in [4.78, 5) is 37.7. The summed E-state index contributed by atoms with van der Waals surface area (Å²) in [5.74, 6) is -0.774. The fraction of sp³-hybridized carbons (Fsp3) is 0.458. The van der Waals surface area contributed by atoms with Crippen LogP contribution in [0.4, 0.5) is 0 Å². The van der Waals surface area contributed by atoms with Gasteiger partial charge in [0, 0.05) is 21.9 Å². The second-order valence-electron chi connectivity index (χ2n) is 14.7. The van der Waals surface area contributed by atoms with Gasteiger partial charge in [-0.3, -0.25) is 0 Å². The molecule has 0 atom stereocenters. The zero-order valence-electron chi connectivity index (χ0n) is 32.8. The van der Waals surface area contributed by atoms with Crippen molar-refractivity contribution in [2.45, 2.75) is 129 Å². The third-order valence-electron chi connectivity index (χ3n) is 10.3. The Balaban J connectivity index is 1.38. The van der Waals surface area contributed by atoms with E-state index in [1.54, 1.807) is 0 Å². The Bertz CT molecular complexity index is 1760. The average molecular weight is 729 g/mol. The zero-order chi connectivity index (χ0) is 37.8. The lowest BCUT2D eigenvalue weighted by atomic mass is 9.99. The van der Waals surface area contributed by atoms with Crippen LogP contribution in [0.25, 0.3) is 44.3 Å². The van der Waals surface area contributed by atoms with Gasteiger partial charge in [0.15, 0.2) is 0 Å². The topological polar surface area (TPSA) is 78.4 Å². The summed E-state index contributed by atoms with van der Waals surface area (Å²) >= 11 is 0. The second kappa shape index (κ2) is 22.6. The van der Waals surface area contributed by atoms with E-state index in [1.807, 2.05) is 84.9 Å². The molecule has 6 heteroatoms. The second-order valence-corrected chi connectivity index (χ2v) is 14.7. The Labute approximate surface area is 323 Å². The van der Waals surface area contributed by atoms with E-state index in [0.29, 0.717) is 57.5 Å². The van der Waals surface area contributed by atoms with Crippen LogP contribution in [0.5, 0.6) is 0 Å². The van der Waals surface area contributed by atoms with Crippen molar-refractivity contribution in [1.82, 2.24) is 9.97 Å². The quantitative estimate of drug-likeness (QED) is 0.0357. The molecule has 3 aromatic carbocycles. The molecule has 0 bridgehead atoms. The molecule has 0 aliphatic carbocycles. The molecule has 0 aliphatic heterocycles. The van der Waals surface area contributed by atoms with Gasteiger partial charge >= 0.3 is 11.9 Å². The van der Waals surface area contributed by atoms with Crippen LogP contribution in [0.3, 0.4) is 0 Å². The predicted octanol–water partition coefficient (Wildman–Crippen LogP) is 13.5. The highest BCUT2D eigenvalue weighted by Gasteiger charge is 2.21. The van der Waals surface area contributed by atoms with Gasteiger partial charge in [0.05, 0.1) is 46.8 Å². The van der Waals surface area contributed by atoms with Crippen LogP contribution in [0.15, 0.2) is 84.9 Å². The van der Waals surface area contributed by atoms with Crippen LogP contribution in [0.2, 0.25) is 0 Å². The normalized spacial score (nSPS) is 11.3. The van der Waals surface area contributed by atoms with Gasteiger partial charge in [-0.15, -0.1) is 0 Å². The number of benzene rings is 3. The smallest absolute Gasteiger partial charge is 0.338 e. The van der Waals surface area contributed by atoms with E-state index in [4.69, 9.17) is 19.4 Å². The summed E-state index contributed by atoms with van der Waals surface area (Å²) in [7, 11) is 0. The van der Waals surface area contributed by atoms with E-state index in [1.165, 1.54) is 77.0 Å². The van der Waals surface area contributed by atoms with Gasteiger partial charge in [-0.05, 0) is 37.1 Å². The molecule has 0 amide bonds. The number of nitrogens with zero attached hydrogens (tertiary/aromatic N) is 2. The molecular formula is C48H60N2O4. The van der Waals surface area contributed by atoms with Crippen molar-refractivity contribution in [3.63, 3.8) is 0 Å². The third kappa shape index (κ3) is 12.2. The Morgan fingerprint density at radius 1 is 0.444 bits per heavy atom. The number of carbonyl (C=O) groups is 2. The molecule has 0 spiro atoms. The lowest BCUT2D eigenvalue weighted by molar-refractivity contribution is 0.0491. The van der Waals surface area contributed by atoms with Crippen molar-refractivity contribution in [2.75, 3.05) is 13.2 Å². The fourth-order valence-corrected chi connectivity index (χ4v) is 7.11. The van der Waals surface area contributed by atoms with Crippen molar-refractivity contribution >= 4 is 33.7 Å². The molecule has 2 heterocycles. The standard InChI is InChI=1S/C48H60N2O4/c1-3-5-7-9-11-13-15-17-25-31-53-47(51)41-34-43(37-27-21-19-22-28-37)49-45-36-46-40(33-39(41)45)42(35-44(50-46)38-29-23-20-24-30-38)48(52)54-32-26-18-16-14-12-10-8-6-4-2/h19-24,27-30,33-36H,3-18,25-26,31-32H2,1-2H3. The first-order chi connectivity index (χ1) is 26.6. The number of fused-ring (bicyclic) bond motifs is 2. The van der Waals surface area contributed by atoms with Gasteiger partial charge in [-0.2, -0.15) is 0 Å². The van der Waals surface area contributed by atoms with E-state index < -0.39 is 0 Å². The monoisotopic (exact) mass is 728 g/mol. The fourth-order valence-electron chi connectivity index (χ4n) is 7.11. The molecule has 6 nitrogen and oxygen atoms in total. The number of aromatic nitrogens is 2. The van der Waals surface area contributed by atoms with Crippen LogP contribution in [-0.2, 0) is 9.47 Å². The average Bonchev–Trinajstić information content (AvgIpc) is 3.21. The molecule has 54 heavy (non-hydrogen) atoms. The number of hydrogen-bond donors (Lipinski definition) is 0. The summed E-state index contributed by atoms with van der Waals surface area (Å²) in [5.41, 5.74) is 5.25. The van der Waals surface area contributed by atoms with E-state index in [9.17, 15) is 9.59 Å². The molecule has 0 N–H and O–H groups in total. The van der Waals surface area contributed by atoms with Crippen LogP contribution in [-0.4, -0.2) is 35.1 Å². The van der Waals surface area contributed by atoms with Gasteiger partial charge in [0.1, 0.15) is 0 Å². The molecule has 0 unspecified atom stereocenters. The van der Waals surface area contributed by atoms with Crippen LogP contribution in [0.1, 0.15) is 150 Å². The van der Waals surface area contributed by atoms with Crippen molar-refractivity contribution in [3.8, 4) is 22.5 Å². The summed E-state index contributed by atoms with van der Waals surface area (Å²) in [6.45, 7) is 5.22. The van der Waals surface area contributed by atoms with Crippen molar-refractivity contribution in [2.24, 2.45) is 0 Å². The summed E-state index contributed by atoms with van der Waals surface area (Å²) in [6, 6.07) is 27.1. The van der Waals surface area contributed by atoms with Gasteiger partial charge < -0.3 is 9.47 Å². The first kappa shape index (κ1) is 40.6. The highest BCUT2D eigenvalue weighted by molar-refractivity contribution is 6.12. The minimum atomic E-state index is -0.387. The number of esters is 2. The molecule has 0 saturated carbocycles. The molecular weight excluding hydrogens is 669 g/mol. The molecule has 5 aromatic rings. The van der Waals surface area contributed by atoms with E-state index in [0.717, 1.165) is 49.7 Å². The maximum absolute atomic E-state index is 13.8. The van der Waals surface area contributed by atoms with Gasteiger partial charge in [0.2, 0.25) is 0 Å². The molecule has 5 rings (SSSR count). The van der Waals surface area contributed by atoms with Gasteiger partial charge in [0.25, 0.3) is 0 Å². The maximum atomic E-state index is 13.8. The lowest BCUT2D eigenvalue weighted by Gasteiger charge is -2.14. The SMILES string of the molecule is CCCCCCCCCCCOC(=O)c1cc(-c2ccccc2)nc2cc3nc(-c4ccccc4)cc(C(=O)OCCCCCCCCCCC)c3cc12. The zero-order valence-corrected chi connectivity index (χ0v) is 32.8.